The molecule has 3 rings (SSSR count). The number of nitrogens with one attached hydrogen (secondary N) is 1. The van der Waals surface area contributed by atoms with Crippen molar-refractivity contribution < 1.29 is 18.0 Å². The van der Waals surface area contributed by atoms with Crippen LogP contribution in [0.4, 0.5) is 0 Å². The van der Waals surface area contributed by atoms with Crippen LogP contribution in [0, 0.1) is 0 Å². The first-order chi connectivity index (χ1) is 13.0. The summed E-state index contributed by atoms with van der Waals surface area (Å²) in [4.78, 5) is 24.9. The van der Waals surface area contributed by atoms with Crippen LogP contribution in [0.5, 0.6) is 0 Å². The highest BCUT2D eigenvalue weighted by Gasteiger charge is 2.41. The van der Waals surface area contributed by atoms with E-state index in [1.165, 1.54) is 4.31 Å². The lowest BCUT2D eigenvalue weighted by molar-refractivity contribution is -0.125. The molecular weight excluding hydrogens is 364 g/mol. The van der Waals surface area contributed by atoms with E-state index in [0.717, 1.165) is 32.1 Å². The molecule has 1 saturated heterocycles. The number of benzene rings is 1. The predicted molar refractivity (Wildman–Crippen MR) is 104 cm³/mol. The van der Waals surface area contributed by atoms with Crippen LogP contribution in [-0.2, 0) is 14.8 Å². The van der Waals surface area contributed by atoms with Crippen LogP contribution in [0.25, 0.3) is 0 Å². The SMILES string of the molecule is O=C(CNC(=O)[C@@H]1CCCCN1S(=O)(=O)C1CCCCC1)c1ccccc1. The summed E-state index contributed by atoms with van der Waals surface area (Å²) < 4.78 is 27.6. The van der Waals surface area contributed by atoms with Gasteiger partial charge in [-0.05, 0) is 25.7 Å². The second-order valence-electron chi connectivity index (χ2n) is 7.43. The van der Waals surface area contributed by atoms with E-state index in [9.17, 15) is 18.0 Å². The molecule has 0 spiro atoms. The number of amides is 1. The van der Waals surface area contributed by atoms with Crippen LogP contribution >= 0.6 is 0 Å². The first-order valence-corrected chi connectivity index (χ1v) is 11.4. The van der Waals surface area contributed by atoms with Gasteiger partial charge in [0.25, 0.3) is 0 Å². The molecule has 1 saturated carbocycles. The Balaban J connectivity index is 1.65. The van der Waals surface area contributed by atoms with Gasteiger partial charge in [-0.15, -0.1) is 0 Å². The van der Waals surface area contributed by atoms with E-state index < -0.39 is 16.1 Å². The molecule has 1 aromatic carbocycles. The number of rotatable bonds is 6. The number of Topliss-reactive ketones (excluding diaryl/α,β-unsaturated/α-hetero) is 1. The second-order valence-corrected chi connectivity index (χ2v) is 9.60. The molecule has 148 valence electrons. The molecule has 7 heteroatoms. The second kappa shape index (κ2) is 8.97. The molecule has 0 unspecified atom stereocenters. The third-order valence-corrected chi connectivity index (χ3v) is 7.98. The fraction of sp³-hybridized carbons (Fsp3) is 0.600. The quantitative estimate of drug-likeness (QED) is 0.754. The van der Waals surface area contributed by atoms with Crippen LogP contribution in [-0.4, -0.2) is 48.8 Å². The summed E-state index contributed by atoms with van der Waals surface area (Å²) in [7, 11) is -3.48. The van der Waals surface area contributed by atoms with E-state index in [2.05, 4.69) is 5.32 Å². The zero-order valence-corrected chi connectivity index (χ0v) is 16.4. The number of carbonyl (C=O) groups is 2. The highest BCUT2D eigenvalue weighted by Crippen LogP contribution is 2.30. The molecule has 2 fully saturated rings. The molecule has 1 N–H and O–H groups in total. The third-order valence-electron chi connectivity index (χ3n) is 5.58. The maximum atomic E-state index is 13.1. The molecule has 6 nitrogen and oxygen atoms in total. The lowest BCUT2D eigenvalue weighted by Gasteiger charge is -2.37. The molecule has 1 heterocycles. The minimum Gasteiger partial charge on any atom is -0.347 e. The summed E-state index contributed by atoms with van der Waals surface area (Å²) in [5, 5.41) is 2.29. The molecule has 0 radical (unpaired) electrons. The van der Waals surface area contributed by atoms with Crippen molar-refractivity contribution in [3.63, 3.8) is 0 Å². The summed E-state index contributed by atoms with van der Waals surface area (Å²) >= 11 is 0. The Morgan fingerprint density at radius 1 is 0.963 bits per heavy atom. The van der Waals surface area contributed by atoms with Gasteiger partial charge in [-0.2, -0.15) is 4.31 Å². The average Bonchev–Trinajstić information content (AvgIpc) is 2.73. The van der Waals surface area contributed by atoms with Gasteiger partial charge >= 0.3 is 0 Å². The van der Waals surface area contributed by atoms with E-state index in [1.54, 1.807) is 24.3 Å². The molecule has 1 atom stereocenters. The number of nitrogens with zero attached hydrogens (tertiary/aromatic N) is 1. The van der Waals surface area contributed by atoms with Gasteiger partial charge in [0.2, 0.25) is 15.9 Å². The molecule has 1 aromatic rings. The number of hydrogen-bond acceptors (Lipinski definition) is 4. The van der Waals surface area contributed by atoms with Gasteiger partial charge in [0.1, 0.15) is 6.04 Å². The summed E-state index contributed by atoms with van der Waals surface area (Å²) in [5.41, 5.74) is 0.535. The summed E-state index contributed by atoms with van der Waals surface area (Å²) in [5.74, 6) is -0.542. The van der Waals surface area contributed by atoms with Crippen molar-refractivity contribution in [1.82, 2.24) is 9.62 Å². The van der Waals surface area contributed by atoms with E-state index in [-0.39, 0.29) is 23.5 Å². The average molecular weight is 393 g/mol. The topological polar surface area (TPSA) is 83.6 Å². The van der Waals surface area contributed by atoms with Crippen molar-refractivity contribution >= 4 is 21.7 Å². The van der Waals surface area contributed by atoms with Crippen LogP contribution in [0.2, 0.25) is 0 Å². The molecule has 1 amide bonds. The minimum absolute atomic E-state index is 0.114. The van der Waals surface area contributed by atoms with Crippen LogP contribution < -0.4 is 5.32 Å². The third kappa shape index (κ3) is 4.76. The first-order valence-electron chi connectivity index (χ1n) is 9.87. The fourth-order valence-corrected chi connectivity index (χ4v) is 6.29. The van der Waals surface area contributed by atoms with Gasteiger partial charge in [-0.3, -0.25) is 9.59 Å². The highest BCUT2D eigenvalue weighted by atomic mass is 32.2. The predicted octanol–water partition coefficient (Wildman–Crippen LogP) is 2.50. The van der Waals surface area contributed by atoms with Gasteiger partial charge in [-0.25, -0.2) is 8.42 Å². The number of piperidine rings is 1. The molecule has 0 bridgehead atoms. The van der Waals surface area contributed by atoms with Gasteiger partial charge in [-0.1, -0.05) is 56.0 Å². The van der Waals surface area contributed by atoms with Crippen LogP contribution in [0.15, 0.2) is 30.3 Å². The van der Waals surface area contributed by atoms with Gasteiger partial charge in [0.15, 0.2) is 5.78 Å². The molecular formula is C20H28N2O4S. The number of carbonyl (C=O) groups excluding carboxylic acids is 2. The van der Waals surface area contributed by atoms with E-state index in [4.69, 9.17) is 0 Å². The Labute approximate surface area is 161 Å². The number of sulfonamides is 1. The number of hydrogen-bond donors (Lipinski definition) is 1. The Hall–Kier alpha value is -1.73. The van der Waals surface area contributed by atoms with Crippen LogP contribution in [0.1, 0.15) is 61.7 Å². The fourth-order valence-electron chi connectivity index (χ4n) is 4.04. The zero-order valence-electron chi connectivity index (χ0n) is 15.6. The zero-order chi connectivity index (χ0) is 19.3. The molecule has 2 aliphatic rings. The highest BCUT2D eigenvalue weighted by molar-refractivity contribution is 7.89. The van der Waals surface area contributed by atoms with Gasteiger partial charge in [0, 0.05) is 12.1 Å². The van der Waals surface area contributed by atoms with E-state index in [0.29, 0.717) is 31.4 Å². The minimum atomic E-state index is -3.48. The Kier molecular flexibility index (Phi) is 6.65. The first kappa shape index (κ1) is 20.0. The summed E-state index contributed by atoms with van der Waals surface area (Å²) in [6, 6.07) is 8.08. The van der Waals surface area contributed by atoms with Gasteiger partial charge < -0.3 is 5.32 Å². The maximum Gasteiger partial charge on any atom is 0.238 e. The largest absolute Gasteiger partial charge is 0.347 e. The monoisotopic (exact) mass is 392 g/mol. The molecule has 27 heavy (non-hydrogen) atoms. The lowest BCUT2D eigenvalue weighted by Crippen LogP contribution is -2.54. The summed E-state index contributed by atoms with van der Waals surface area (Å²) in [6.07, 6.45) is 6.41. The van der Waals surface area contributed by atoms with Crippen LogP contribution in [0.3, 0.4) is 0 Å². The summed E-state index contributed by atoms with van der Waals surface area (Å²) in [6.45, 7) is 0.278. The van der Waals surface area contributed by atoms with Crippen molar-refractivity contribution in [3.05, 3.63) is 35.9 Å². The Morgan fingerprint density at radius 2 is 1.63 bits per heavy atom. The van der Waals surface area contributed by atoms with E-state index in [1.807, 2.05) is 6.07 Å². The number of ketones is 1. The Morgan fingerprint density at radius 3 is 2.33 bits per heavy atom. The normalized spacial score (nSPS) is 22.3. The molecule has 1 aliphatic heterocycles. The lowest BCUT2D eigenvalue weighted by atomic mass is 10.0. The van der Waals surface area contributed by atoms with Crippen molar-refractivity contribution in [2.75, 3.05) is 13.1 Å². The maximum absolute atomic E-state index is 13.1. The van der Waals surface area contributed by atoms with Crippen molar-refractivity contribution in [1.29, 1.82) is 0 Å². The smallest absolute Gasteiger partial charge is 0.238 e. The van der Waals surface area contributed by atoms with Crippen molar-refractivity contribution in [2.45, 2.75) is 62.7 Å². The van der Waals surface area contributed by atoms with Gasteiger partial charge in [0.05, 0.1) is 11.8 Å². The standard InChI is InChI=1S/C20H28N2O4S/c23-19(16-9-3-1-4-10-16)15-21-20(24)18-13-7-8-14-22(18)27(25,26)17-11-5-2-6-12-17/h1,3-4,9-10,17-18H,2,5-8,11-15H2,(H,21,24)/t18-/m0/s1. The van der Waals surface area contributed by atoms with Crippen molar-refractivity contribution in [2.24, 2.45) is 0 Å². The van der Waals surface area contributed by atoms with Crippen molar-refractivity contribution in [3.8, 4) is 0 Å². The Bertz CT molecular complexity index is 757. The van der Waals surface area contributed by atoms with E-state index >= 15 is 0 Å². The molecule has 1 aliphatic carbocycles. The molecule has 0 aromatic heterocycles.